The molecule has 0 aliphatic carbocycles. The molecule has 3 aromatic rings. The van der Waals surface area contributed by atoms with Gasteiger partial charge in [-0.05, 0) is 49.6 Å². The standard InChI is InChI=1S/C23H24FN3O3/c1-23(29)9-11-27(12-10-23)20(28)13-17-14-25-21-18(15-3-5-16(24)6-4-15)7-8-19(30-2)22(21)26-17/h3-8,14,29H,9-13H2,1-2H3. The predicted molar refractivity (Wildman–Crippen MR) is 112 cm³/mol. The maximum absolute atomic E-state index is 13.3. The number of piperidine rings is 1. The molecule has 0 atom stereocenters. The predicted octanol–water partition coefficient (Wildman–Crippen LogP) is 3.36. The third-order valence-corrected chi connectivity index (χ3v) is 5.61. The van der Waals surface area contributed by atoms with E-state index in [2.05, 4.69) is 9.97 Å². The largest absolute Gasteiger partial charge is 0.494 e. The lowest BCUT2D eigenvalue weighted by Gasteiger charge is -2.35. The minimum absolute atomic E-state index is 0.0344. The molecule has 1 saturated heterocycles. The van der Waals surface area contributed by atoms with Crippen molar-refractivity contribution in [2.45, 2.75) is 31.8 Å². The number of aromatic nitrogens is 2. The number of hydrogen-bond donors (Lipinski definition) is 1. The van der Waals surface area contributed by atoms with Gasteiger partial charge in [0.15, 0.2) is 0 Å². The van der Waals surface area contributed by atoms with Crippen LogP contribution in [-0.2, 0) is 11.2 Å². The quantitative estimate of drug-likeness (QED) is 0.715. The van der Waals surface area contributed by atoms with Crippen molar-refractivity contribution in [1.82, 2.24) is 14.9 Å². The topological polar surface area (TPSA) is 75.5 Å². The van der Waals surface area contributed by atoms with Crippen LogP contribution in [0.3, 0.4) is 0 Å². The van der Waals surface area contributed by atoms with Gasteiger partial charge < -0.3 is 14.7 Å². The highest BCUT2D eigenvalue weighted by atomic mass is 19.1. The fraction of sp³-hybridized carbons (Fsp3) is 0.348. The number of ether oxygens (including phenoxy) is 1. The van der Waals surface area contributed by atoms with E-state index in [9.17, 15) is 14.3 Å². The number of carbonyl (C=O) groups is 1. The molecule has 1 fully saturated rings. The average Bonchev–Trinajstić information content (AvgIpc) is 2.73. The van der Waals surface area contributed by atoms with Crippen molar-refractivity contribution in [2.24, 2.45) is 0 Å². The zero-order valence-electron chi connectivity index (χ0n) is 17.1. The van der Waals surface area contributed by atoms with Gasteiger partial charge in [-0.2, -0.15) is 0 Å². The van der Waals surface area contributed by atoms with Gasteiger partial charge in [0.2, 0.25) is 5.91 Å². The third-order valence-electron chi connectivity index (χ3n) is 5.61. The van der Waals surface area contributed by atoms with Crippen LogP contribution < -0.4 is 4.74 Å². The Morgan fingerprint density at radius 3 is 2.53 bits per heavy atom. The molecule has 1 amide bonds. The van der Waals surface area contributed by atoms with E-state index >= 15 is 0 Å². The summed E-state index contributed by atoms with van der Waals surface area (Å²) < 4.78 is 18.8. The highest BCUT2D eigenvalue weighted by Gasteiger charge is 2.29. The number of halogens is 1. The summed E-state index contributed by atoms with van der Waals surface area (Å²) in [4.78, 5) is 23.7. The molecule has 0 spiro atoms. The molecule has 156 valence electrons. The summed E-state index contributed by atoms with van der Waals surface area (Å²) in [5.41, 5.74) is 2.68. The van der Waals surface area contributed by atoms with Crippen LogP contribution in [0.2, 0.25) is 0 Å². The van der Waals surface area contributed by atoms with Gasteiger partial charge in [-0.15, -0.1) is 0 Å². The van der Waals surface area contributed by atoms with Crippen molar-refractivity contribution in [2.75, 3.05) is 20.2 Å². The highest BCUT2D eigenvalue weighted by molar-refractivity contribution is 5.95. The molecule has 2 aromatic carbocycles. The number of methoxy groups -OCH3 is 1. The van der Waals surface area contributed by atoms with Gasteiger partial charge in [0.25, 0.3) is 0 Å². The summed E-state index contributed by atoms with van der Waals surface area (Å²) in [5.74, 6) is 0.224. The fourth-order valence-corrected chi connectivity index (χ4v) is 3.73. The third kappa shape index (κ3) is 4.11. The van der Waals surface area contributed by atoms with E-state index in [1.807, 2.05) is 6.07 Å². The van der Waals surface area contributed by atoms with Crippen LogP contribution in [0.15, 0.2) is 42.6 Å². The Hall–Kier alpha value is -3.06. The first-order valence-corrected chi connectivity index (χ1v) is 9.95. The van der Waals surface area contributed by atoms with Gasteiger partial charge in [0.1, 0.15) is 22.6 Å². The average molecular weight is 409 g/mol. The van der Waals surface area contributed by atoms with Crippen LogP contribution in [0.25, 0.3) is 22.2 Å². The zero-order valence-corrected chi connectivity index (χ0v) is 17.1. The minimum Gasteiger partial charge on any atom is -0.494 e. The summed E-state index contributed by atoms with van der Waals surface area (Å²) in [6.07, 6.45) is 2.87. The molecule has 7 heteroatoms. The van der Waals surface area contributed by atoms with Crippen molar-refractivity contribution in [1.29, 1.82) is 0 Å². The van der Waals surface area contributed by atoms with Crippen LogP contribution >= 0.6 is 0 Å². The SMILES string of the molecule is COc1ccc(-c2ccc(F)cc2)c2ncc(CC(=O)N3CCC(C)(O)CC3)nc12. The van der Waals surface area contributed by atoms with E-state index in [1.54, 1.807) is 43.3 Å². The molecule has 1 aliphatic heterocycles. The Kier molecular flexibility index (Phi) is 5.39. The highest BCUT2D eigenvalue weighted by Crippen LogP contribution is 2.32. The second-order valence-corrected chi connectivity index (χ2v) is 7.94. The van der Waals surface area contributed by atoms with Crippen LogP contribution in [-0.4, -0.2) is 51.7 Å². The lowest BCUT2D eigenvalue weighted by molar-refractivity contribution is -0.134. The molecule has 0 unspecified atom stereocenters. The Balaban J connectivity index is 1.63. The lowest BCUT2D eigenvalue weighted by Crippen LogP contribution is -2.45. The number of hydrogen-bond acceptors (Lipinski definition) is 5. The van der Waals surface area contributed by atoms with Crippen LogP contribution in [0.5, 0.6) is 5.75 Å². The van der Waals surface area contributed by atoms with Crippen molar-refractivity contribution in [3.05, 3.63) is 54.1 Å². The summed E-state index contributed by atoms with van der Waals surface area (Å²) in [6.45, 7) is 2.87. The number of likely N-dealkylation sites (tertiary alicyclic amines) is 1. The fourth-order valence-electron chi connectivity index (χ4n) is 3.73. The molecule has 1 aromatic heterocycles. The van der Waals surface area contributed by atoms with Gasteiger partial charge in [0, 0.05) is 24.8 Å². The van der Waals surface area contributed by atoms with Gasteiger partial charge in [-0.25, -0.2) is 9.37 Å². The van der Waals surface area contributed by atoms with Gasteiger partial charge in [-0.3, -0.25) is 9.78 Å². The zero-order chi connectivity index (χ0) is 21.3. The number of fused-ring (bicyclic) bond motifs is 1. The monoisotopic (exact) mass is 409 g/mol. The number of benzene rings is 2. The Labute approximate surface area is 174 Å². The smallest absolute Gasteiger partial charge is 0.228 e. The molecular weight excluding hydrogens is 385 g/mol. The number of carbonyl (C=O) groups excluding carboxylic acids is 1. The molecule has 2 heterocycles. The number of aliphatic hydroxyl groups is 1. The summed E-state index contributed by atoms with van der Waals surface area (Å²) in [5, 5.41) is 10.1. The minimum atomic E-state index is -0.705. The van der Waals surface area contributed by atoms with E-state index in [1.165, 1.54) is 12.1 Å². The van der Waals surface area contributed by atoms with Gasteiger partial charge >= 0.3 is 0 Å². The Morgan fingerprint density at radius 1 is 1.17 bits per heavy atom. The first-order valence-electron chi connectivity index (χ1n) is 9.95. The normalized spacial score (nSPS) is 15.9. The van der Waals surface area contributed by atoms with Crippen LogP contribution in [0, 0.1) is 5.82 Å². The molecule has 0 radical (unpaired) electrons. The maximum atomic E-state index is 13.3. The van der Waals surface area contributed by atoms with E-state index in [-0.39, 0.29) is 18.1 Å². The van der Waals surface area contributed by atoms with E-state index in [0.29, 0.717) is 48.4 Å². The molecule has 4 rings (SSSR count). The molecule has 6 nitrogen and oxygen atoms in total. The van der Waals surface area contributed by atoms with Crippen LogP contribution in [0.4, 0.5) is 4.39 Å². The molecule has 0 bridgehead atoms. The van der Waals surface area contributed by atoms with Crippen molar-refractivity contribution < 1.29 is 19.0 Å². The lowest BCUT2D eigenvalue weighted by atomic mass is 9.93. The molecule has 1 aliphatic rings. The van der Waals surface area contributed by atoms with Crippen LogP contribution in [0.1, 0.15) is 25.5 Å². The first kappa shape index (κ1) is 20.2. The Morgan fingerprint density at radius 2 is 1.87 bits per heavy atom. The number of nitrogens with zero attached hydrogens (tertiary/aromatic N) is 3. The van der Waals surface area contributed by atoms with Crippen molar-refractivity contribution in [3.63, 3.8) is 0 Å². The molecule has 30 heavy (non-hydrogen) atoms. The summed E-state index contributed by atoms with van der Waals surface area (Å²) >= 11 is 0. The van der Waals surface area contributed by atoms with E-state index < -0.39 is 5.60 Å². The van der Waals surface area contributed by atoms with E-state index in [4.69, 9.17) is 4.74 Å². The van der Waals surface area contributed by atoms with Crippen molar-refractivity contribution >= 4 is 16.9 Å². The number of rotatable bonds is 4. The maximum Gasteiger partial charge on any atom is 0.228 e. The first-order chi connectivity index (χ1) is 14.4. The second-order valence-electron chi connectivity index (χ2n) is 7.94. The Bertz CT molecular complexity index is 1070. The van der Waals surface area contributed by atoms with Gasteiger partial charge in [-0.1, -0.05) is 12.1 Å². The molecular formula is C23H24FN3O3. The van der Waals surface area contributed by atoms with E-state index in [0.717, 1.165) is 11.1 Å². The second kappa shape index (κ2) is 7.99. The van der Waals surface area contributed by atoms with Crippen molar-refractivity contribution in [3.8, 4) is 16.9 Å². The summed E-state index contributed by atoms with van der Waals surface area (Å²) in [6, 6.07) is 9.87. The molecule has 1 N–H and O–H groups in total. The molecule has 0 saturated carbocycles. The summed E-state index contributed by atoms with van der Waals surface area (Å²) in [7, 11) is 1.56. The number of amides is 1. The van der Waals surface area contributed by atoms with Gasteiger partial charge in [0.05, 0.1) is 24.8 Å².